The second kappa shape index (κ2) is 9.00. The number of aromatic nitrogens is 4. The molecule has 0 fully saturated rings. The van der Waals surface area contributed by atoms with Crippen LogP contribution in [0, 0.1) is 0 Å². The maximum atomic E-state index is 12.4. The van der Waals surface area contributed by atoms with E-state index in [4.69, 9.17) is 4.98 Å². The molecule has 6 aromatic rings. The van der Waals surface area contributed by atoms with Gasteiger partial charge in [0.15, 0.2) is 0 Å². The number of aromatic amines is 1. The normalized spacial score (nSPS) is 11.3. The second-order valence-electron chi connectivity index (χ2n) is 8.49. The molecule has 0 aliphatic carbocycles. The number of rotatable bonds is 6. The molecular weight excluding hydrogens is 434 g/mol. The first-order chi connectivity index (χ1) is 17.2. The third-order valence-electron chi connectivity index (χ3n) is 6.11. The predicted octanol–water partition coefficient (Wildman–Crippen LogP) is 5.19. The van der Waals surface area contributed by atoms with Gasteiger partial charge < -0.3 is 14.7 Å². The first kappa shape index (κ1) is 21.0. The summed E-state index contributed by atoms with van der Waals surface area (Å²) >= 11 is 0. The Labute approximate surface area is 202 Å². The number of nitrogens with one attached hydrogen (secondary N) is 2. The van der Waals surface area contributed by atoms with Crippen molar-refractivity contribution in [2.75, 3.05) is 0 Å². The van der Waals surface area contributed by atoms with Crippen LogP contribution in [0.15, 0.2) is 108 Å². The van der Waals surface area contributed by atoms with Crippen molar-refractivity contribution in [3.05, 3.63) is 125 Å². The molecule has 2 N–H and O–H groups in total. The summed E-state index contributed by atoms with van der Waals surface area (Å²) in [6.07, 6.45) is 5.69. The third-order valence-corrected chi connectivity index (χ3v) is 6.11. The molecule has 6 rings (SSSR count). The van der Waals surface area contributed by atoms with E-state index in [1.54, 1.807) is 6.20 Å². The Morgan fingerprint density at radius 3 is 2.49 bits per heavy atom. The van der Waals surface area contributed by atoms with Crippen molar-refractivity contribution in [3.63, 3.8) is 0 Å². The molecule has 0 saturated carbocycles. The van der Waals surface area contributed by atoms with E-state index in [1.807, 2.05) is 77.5 Å². The molecule has 0 bridgehead atoms. The molecule has 6 heteroatoms. The van der Waals surface area contributed by atoms with Crippen LogP contribution < -0.4 is 10.9 Å². The summed E-state index contributed by atoms with van der Waals surface area (Å²) < 4.78 is 2.03. The van der Waals surface area contributed by atoms with Crippen molar-refractivity contribution in [1.29, 1.82) is 0 Å². The first-order valence-electron chi connectivity index (χ1n) is 11.6. The molecule has 0 aliphatic rings. The van der Waals surface area contributed by atoms with Crippen molar-refractivity contribution < 1.29 is 0 Å². The largest absolute Gasteiger partial charge is 0.328 e. The van der Waals surface area contributed by atoms with Crippen molar-refractivity contribution >= 4 is 16.6 Å². The van der Waals surface area contributed by atoms with Crippen LogP contribution in [0.25, 0.3) is 38.9 Å². The van der Waals surface area contributed by atoms with E-state index in [2.05, 4.69) is 39.6 Å². The van der Waals surface area contributed by atoms with Gasteiger partial charge in [-0.25, -0.2) is 9.97 Å². The molecule has 0 unspecified atom stereocenters. The summed E-state index contributed by atoms with van der Waals surface area (Å²) in [4.78, 5) is 24.7. The van der Waals surface area contributed by atoms with Crippen molar-refractivity contribution in [3.8, 4) is 22.4 Å². The number of benzene rings is 2. The predicted molar refractivity (Wildman–Crippen MR) is 139 cm³/mol. The smallest absolute Gasteiger partial charge is 0.257 e. The molecule has 0 aliphatic heterocycles. The minimum Gasteiger partial charge on any atom is -0.328 e. The van der Waals surface area contributed by atoms with Crippen LogP contribution in [-0.4, -0.2) is 19.4 Å². The molecule has 0 radical (unpaired) electrons. The Balaban J connectivity index is 1.26. The van der Waals surface area contributed by atoms with Gasteiger partial charge in [-0.3, -0.25) is 4.79 Å². The van der Waals surface area contributed by atoms with E-state index >= 15 is 0 Å². The zero-order valence-corrected chi connectivity index (χ0v) is 19.0. The number of imidazole rings is 1. The lowest BCUT2D eigenvalue weighted by atomic mass is 9.97. The molecule has 0 amide bonds. The Hall–Kier alpha value is -4.55. The number of hydrogen-bond acceptors (Lipinski definition) is 4. The van der Waals surface area contributed by atoms with Gasteiger partial charge in [0.05, 0.1) is 22.3 Å². The molecule has 4 heterocycles. The van der Waals surface area contributed by atoms with Gasteiger partial charge in [-0.05, 0) is 35.4 Å². The fourth-order valence-corrected chi connectivity index (χ4v) is 4.36. The van der Waals surface area contributed by atoms with Gasteiger partial charge in [0.1, 0.15) is 5.65 Å². The molecule has 2 aromatic carbocycles. The van der Waals surface area contributed by atoms with Crippen LogP contribution in [0.4, 0.5) is 0 Å². The van der Waals surface area contributed by atoms with Crippen LogP contribution in [0.5, 0.6) is 0 Å². The van der Waals surface area contributed by atoms with E-state index in [-0.39, 0.29) is 5.56 Å². The minimum absolute atomic E-state index is 0.134. The second-order valence-corrected chi connectivity index (χ2v) is 8.49. The molecule has 0 atom stereocenters. The van der Waals surface area contributed by atoms with Crippen LogP contribution in [0.3, 0.4) is 0 Å². The highest BCUT2D eigenvalue weighted by Crippen LogP contribution is 2.32. The maximum absolute atomic E-state index is 12.4. The fourth-order valence-electron chi connectivity index (χ4n) is 4.36. The lowest BCUT2D eigenvalue weighted by Gasteiger charge is -2.12. The van der Waals surface area contributed by atoms with E-state index in [9.17, 15) is 4.79 Å². The number of H-pyrrole nitrogens is 1. The van der Waals surface area contributed by atoms with Gasteiger partial charge >= 0.3 is 0 Å². The average molecular weight is 458 g/mol. The summed E-state index contributed by atoms with van der Waals surface area (Å²) in [5.74, 6) is 0. The molecule has 0 saturated heterocycles. The molecule has 4 aromatic heterocycles. The Morgan fingerprint density at radius 1 is 0.829 bits per heavy atom. The van der Waals surface area contributed by atoms with E-state index < -0.39 is 0 Å². The zero-order valence-electron chi connectivity index (χ0n) is 19.0. The summed E-state index contributed by atoms with van der Waals surface area (Å²) in [5.41, 5.74) is 7.52. The first-order valence-corrected chi connectivity index (χ1v) is 11.6. The van der Waals surface area contributed by atoms with Gasteiger partial charge in [0.2, 0.25) is 0 Å². The minimum atomic E-state index is -0.134. The van der Waals surface area contributed by atoms with Crippen molar-refractivity contribution in [2.24, 2.45) is 0 Å². The number of fused-ring (bicyclic) bond motifs is 2. The van der Waals surface area contributed by atoms with Crippen LogP contribution >= 0.6 is 0 Å². The van der Waals surface area contributed by atoms with Gasteiger partial charge in [0.25, 0.3) is 5.56 Å². The highest BCUT2D eigenvalue weighted by atomic mass is 16.1. The van der Waals surface area contributed by atoms with Crippen molar-refractivity contribution in [1.82, 2.24) is 24.7 Å². The lowest BCUT2D eigenvalue weighted by molar-refractivity contribution is 0.683. The van der Waals surface area contributed by atoms with E-state index in [1.165, 1.54) is 5.56 Å². The van der Waals surface area contributed by atoms with Crippen LogP contribution in [-0.2, 0) is 13.1 Å². The maximum Gasteiger partial charge on any atom is 0.257 e. The van der Waals surface area contributed by atoms with Crippen LogP contribution in [0.2, 0.25) is 0 Å². The third kappa shape index (κ3) is 4.23. The number of nitrogens with zero attached hydrogens (tertiary/aromatic N) is 3. The topological polar surface area (TPSA) is 75.1 Å². The van der Waals surface area contributed by atoms with Gasteiger partial charge in [-0.15, -0.1) is 0 Å². The summed E-state index contributed by atoms with van der Waals surface area (Å²) in [5, 5.41) is 4.06. The molecule has 35 heavy (non-hydrogen) atoms. The Bertz CT molecular complexity index is 1650. The number of pyridine rings is 3. The quantitative estimate of drug-likeness (QED) is 0.361. The average Bonchev–Trinajstić information content (AvgIpc) is 3.32. The lowest BCUT2D eigenvalue weighted by Crippen LogP contribution is -2.12. The Kier molecular flexibility index (Phi) is 5.41. The zero-order chi connectivity index (χ0) is 23.6. The fraction of sp³-hybridized carbons (Fsp3) is 0.0690. The molecule has 6 nitrogen and oxygen atoms in total. The summed E-state index contributed by atoms with van der Waals surface area (Å²) in [6, 6.07) is 28.3. The number of hydrogen-bond donors (Lipinski definition) is 2. The molecule has 170 valence electrons. The summed E-state index contributed by atoms with van der Waals surface area (Å²) in [7, 11) is 0. The highest BCUT2D eigenvalue weighted by molar-refractivity contribution is 5.91. The van der Waals surface area contributed by atoms with E-state index in [0.717, 1.165) is 40.3 Å². The molecular formula is C29H23N5O. The Morgan fingerprint density at radius 2 is 1.66 bits per heavy atom. The van der Waals surface area contributed by atoms with E-state index in [0.29, 0.717) is 17.4 Å². The standard InChI is InChI=1S/C29H23N5O/c35-29-25-16-24(21-6-2-1-3-7-21)28(33-26(25)13-14-31-29)22-11-9-20(10-12-22)17-30-18-23-19-34-15-5-4-8-27(34)32-23/h1-16,19,30H,17-18H2,(H,31,35). The van der Waals surface area contributed by atoms with Gasteiger partial charge in [-0.2, -0.15) is 0 Å². The van der Waals surface area contributed by atoms with Crippen molar-refractivity contribution in [2.45, 2.75) is 13.1 Å². The van der Waals surface area contributed by atoms with Crippen LogP contribution in [0.1, 0.15) is 11.3 Å². The molecule has 0 spiro atoms. The summed E-state index contributed by atoms with van der Waals surface area (Å²) in [6.45, 7) is 1.43. The highest BCUT2D eigenvalue weighted by Gasteiger charge is 2.13. The SMILES string of the molecule is O=c1[nH]ccc2nc(-c3ccc(CNCc4cn5ccccc5n4)cc3)c(-c3ccccc3)cc12. The van der Waals surface area contributed by atoms with Gasteiger partial charge in [-0.1, -0.05) is 60.7 Å². The van der Waals surface area contributed by atoms with Gasteiger partial charge in [0, 0.05) is 42.8 Å². The monoisotopic (exact) mass is 457 g/mol.